The lowest BCUT2D eigenvalue weighted by molar-refractivity contribution is -0.118. The Balaban J connectivity index is 0.00000161. The topological polar surface area (TPSA) is 54.0 Å². The first-order chi connectivity index (χ1) is 9.41. The highest BCUT2D eigenvalue weighted by Gasteiger charge is 2.57. The second-order valence-electron chi connectivity index (χ2n) is 7.14. The monoisotopic (exact) mass is 329 g/mol. The van der Waals surface area contributed by atoms with Gasteiger partial charge in [-0.3, -0.25) is 4.79 Å². The quantitative estimate of drug-likeness (QED) is 0.876. The third-order valence-electron chi connectivity index (χ3n) is 4.58. The molecule has 1 aromatic rings. The van der Waals surface area contributed by atoms with Crippen molar-refractivity contribution in [3.8, 4) is 0 Å². The Morgan fingerprint density at radius 3 is 2.67 bits per heavy atom. The van der Waals surface area contributed by atoms with Crippen LogP contribution < -0.4 is 10.6 Å². The number of halogens is 1. The Kier molecular flexibility index (Phi) is 4.66. The minimum absolute atomic E-state index is 0. The molecule has 1 amide bonds. The maximum atomic E-state index is 12.3. The lowest BCUT2D eigenvalue weighted by Gasteiger charge is -2.23. The summed E-state index contributed by atoms with van der Waals surface area (Å²) in [5.74, 6) is 0.369. The van der Waals surface area contributed by atoms with Crippen molar-refractivity contribution >= 4 is 34.8 Å². The lowest BCUT2D eigenvalue weighted by Crippen LogP contribution is -2.31. The standard InChI is InChI=1S/C15H23N3OS.ClH/c1-14(2,3)11-9-17-13(20-11)18-12(19)10-8-15(10)4-6-16-7-5-15;/h9-10,16H,4-8H2,1-3H3,(H,17,18,19);1H. The minimum atomic E-state index is 0. The van der Waals surface area contributed by atoms with Crippen LogP contribution >= 0.6 is 23.7 Å². The number of nitrogens with one attached hydrogen (secondary N) is 2. The number of thiazole rings is 1. The number of carbonyl (C=O) groups is 1. The van der Waals surface area contributed by atoms with Gasteiger partial charge in [-0.1, -0.05) is 20.8 Å². The number of hydrogen-bond acceptors (Lipinski definition) is 4. The van der Waals surface area contributed by atoms with Crippen LogP contribution in [-0.4, -0.2) is 24.0 Å². The highest BCUT2D eigenvalue weighted by atomic mass is 35.5. The Hall–Kier alpha value is -0.650. The van der Waals surface area contributed by atoms with Gasteiger partial charge in [0.25, 0.3) is 0 Å². The zero-order valence-corrected chi connectivity index (χ0v) is 14.5. The second-order valence-corrected chi connectivity index (χ2v) is 8.17. The number of nitrogens with zero attached hydrogens (tertiary/aromatic N) is 1. The second kappa shape index (κ2) is 5.86. The van der Waals surface area contributed by atoms with Crippen LogP contribution in [0.3, 0.4) is 0 Å². The molecule has 3 rings (SSSR count). The van der Waals surface area contributed by atoms with Crippen LogP contribution in [0.1, 0.15) is 44.9 Å². The van der Waals surface area contributed by atoms with Gasteiger partial charge in [-0.15, -0.1) is 23.7 Å². The van der Waals surface area contributed by atoms with Crippen molar-refractivity contribution in [2.75, 3.05) is 18.4 Å². The summed E-state index contributed by atoms with van der Waals surface area (Å²) in [7, 11) is 0. The van der Waals surface area contributed by atoms with E-state index in [1.807, 2.05) is 6.20 Å². The van der Waals surface area contributed by atoms with Crippen LogP contribution in [0.4, 0.5) is 5.13 Å². The molecule has 2 N–H and O–H groups in total. The largest absolute Gasteiger partial charge is 0.317 e. The van der Waals surface area contributed by atoms with E-state index in [-0.39, 0.29) is 29.6 Å². The predicted octanol–water partition coefficient (Wildman–Crippen LogP) is 3.19. The van der Waals surface area contributed by atoms with Gasteiger partial charge in [-0.2, -0.15) is 0 Å². The molecule has 0 radical (unpaired) electrons. The Morgan fingerprint density at radius 1 is 1.43 bits per heavy atom. The maximum Gasteiger partial charge on any atom is 0.229 e. The predicted molar refractivity (Wildman–Crippen MR) is 89.3 cm³/mol. The number of piperidine rings is 1. The molecule has 1 aliphatic heterocycles. The first-order valence-corrected chi connectivity index (χ1v) is 8.20. The van der Waals surface area contributed by atoms with Crippen LogP contribution in [0.15, 0.2) is 6.20 Å². The minimum Gasteiger partial charge on any atom is -0.317 e. The molecule has 1 spiro atoms. The van der Waals surface area contributed by atoms with Crippen LogP contribution in [0, 0.1) is 11.3 Å². The number of carbonyl (C=O) groups excluding carboxylic acids is 1. The maximum absolute atomic E-state index is 12.3. The van der Waals surface area contributed by atoms with E-state index in [0.29, 0.717) is 5.41 Å². The number of amides is 1. The molecular formula is C15H24ClN3OS. The van der Waals surface area contributed by atoms with Gasteiger partial charge in [0.2, 0.25) is 5.91 Å². The average molecular weight is 330 g/mol. The fourth-order valence-electron chi connectivity index (χ4n) is 3.07. The summed E-state index contributed by atoms with van der Waals surface area (Å²) >= 11 is 1.59. The number of rotatable bonds is 2. The van der Waals surface area contributed by atoms with Gasteiger partial charge in [0.1, 0.15) is 0 Å². The molecule has 0 aromatic carbocycles. The number of aromatic nitrogens is 1. The van der Waals surface area contributed by atoms with Gasteiger partial charge >= 0.3 is 0 Å². The molecule has 2 aliphatic rings. The van der Waals surface area contributed by atoms with Gasteiger partial charge in [0.15, 0.2) is 5.13 Å². The van der Waals surface area contributed by atoms with Crippen LogP contribution in [0.5, 0.6) is 0 Å². The lowest BCUT2D eigenvalue weighted by atomic mass is 9.92. The highest BCUT2D eigenvalue weighted by Crippen LogP contribution is 2.58. The molecule has 2 heterocycles. The third kappa shape index (κ3) is 3.41. The summed E-state index contributed by atoms with van der Waals surface area (Å²) in [5.41, 5.74) is 0.385. The van der Waals surface area contributed by atoms with E-state index >= 15 is 0 Å². The van der Waals surface area contributed by atoms with Gasteiger partial charge in [0, 0.05) is 17.0 Å². The molecule has 2 fully saturated rings. The van der Waals surface area contributed by atoms with Gasteiger partial charge < -0.3 is 10.6 Å². The van der Waals surface area contributed by atoms with E-state index in [1.165, 1.54) is 4.88 Å². The highest BCUT2D eigenvalue weighted by molar-refractivity contribution is 7.15. The van der Waals surface area contributed by atoms with Gasteiger partial charge in [0.05, 0.1) is 0 Å². The molecule has 1 saturated heterocycles. The van der Waals surface area contributed by atoms with Crippen molar-refractivity contribution in [3.05, 3.63) is 11.1 Å². The van der Waals surface area contributed by atoms with E-state index in [0.717, 1.165) is 37.5 Å². The van der Waals surface area contributed by atoms with E-state index in [1.54, 1.807) is 11.3 Å². The molecule has 1 atom stereocenters. The van der Waals surface area contributed by atoms with E-state index in [9.17, 15) is 4.79 Å². The Morgan fingerprint density at radius 2 is 2.10 bits per heavy atom. The fraction of sp³-hybridized carbons (Fsp3) is 0.733. The van der Waals surface area contributed by atoms with Crippen LogP contribution in [-0.2, 0) is 10.2 Å². The van der Waals surface area contributed by atoms with Crippen molar-refractivity contribution < 1.29 is 4.79 Å². The third-order valence-corrected chi connectivity index (χ3v) is 5.92. The summed E-state index contributed by atoms with van der Waals surface area (Å²) in [6.45, 7) is 8.59. The van der Waals surface area contributed by atoms with Crippen molar-refractivity contribution in [1.82, 2.24) is 10.3 Å². The summed E-state index contributed by atoms with van der Waals surface area (Å²) in [4.78, 5) is 17.9. The van der Waals surface area contributed by atoms with Crippen molar-refractivity contribution in [3.63, 3.8) is 0 Å². The van der Waals surface area contributed by atoms with Crippen LogP contribution in [0.25, 0.3) is 0 Å². The van der Waals surface area contributed by atoms with E-state index < -0.39 is 0 Å². The molecular weight excluding hydrogens is 306 g/mol. The first-order valence-electron chi connectivity index (χ1n) is 7.39. The van der Waals surface area contributed by atoms with Crippen molar-refractivity contribution in [2.24, 2.45) is 11.3 Å². The summed E-state index contributed by atoms with van der Waals surface area (Å²) in [5, 5.41) is 7.13. The van der Waals surface area contributed by atoms with Crippen LogP contribution in [0.2, 0.25) is 0 Å². The Bertz CT molecular complexity index is 517. The molecule has 118 valence electrons. The number of hydrogen-bond donors (Lipinski definition) is 2. The summed E-state index contributed by atoms with van der Waals surface area (Å²) in [6.07, 6.45) is 5.21. The molecule has 6 heteroatoms. The number of anilines is 1. The smallest absolute Gasteiger partial charge is 0.229 e. The van der Waals surface area contributed by atoms with Crippen molar-refractivity contribution in [1.29, 1.82) is 0 Å². The SMILES string of the molecule is CC(C)(C)c1cnc(NC(=O)C2CC23CCNCC3)s1.Cl. The molecule has 1 saturated carbocycles. The summed E-state index contributed by atoms with van der Waals surface area (Å²) < 4.78 is 0. The molecule has 1 unspecified atom stereocenters. The normalized spacial score (nSPS) is 23.5. The first kappa shape index (κ1) is 16.7. The molecule has 1 aromatic heterocycles. The molecule has 1 aliphatic carbocycles. The van der Waals surface area contributed by atoms with E-state index in [4.69, 9.17) is 0 Å². The average Bonchev–Trinajstić information content (AvgIpc) is 2.85. The van der Waals surface area contributed by atoms with Crippen molar-refractivity contribution in [2.45, 2.75) is 45.4 Å². The zero-order chi connectivity index (χ0) is 14.4. The molecule has 21 heavy (non-hydrogen) atoms. The summed E-state index contributed by atoms with van der Waals surface area (Å²) in [6, 6.07) is 0. The van der Waals surface area contributed by atoms with E-state index in [2.05, 4.69) is 36.4 Å². The van der Waals surface area contributed by atoms with Gasteiger partial charge in [-0.05, 0) is 43.2 Å². The van der Waals surface area contributed by atoms with Gasteiger partial charge in [-0.25, -0.2) is 4.98 Å². The molecule has 4 nitrogen and oxygen atoms in total. The fourth-order valence-corrected chi connectivity index (χ4v) is 3.94. The zero-order valence-electron chi connectivity index (χ0n) is 12.9. The Labute approximate surface area is 136 Å². The molecule has 0 bridgehead atoms.